The molecule has 0 heterocycles. The lowest BCUT2D eigenvalue weighted by Crippen LogP contribution is -2.40. The van der Waals surface area contributed by atoms with Gasteiger partial charge in [0.1, 0.15) is 0 Å². The van der Waals surface area contributed by atoms with E-state index < -0.39 is 10.0 Å². The van der Waals surface area contributed by atoms with E-state index in [9.17, 15) is 13.2 Å². The number of rotatable bonds is 6. The Balaban J connectivity index is 3.65. The van der Waals surface area contributed by atoms with E-state index in [0.29, 0.717) is 12.5 Å². The Morgan fingerprint density at radius 1 is 1.27 bits per heavy atom. The molecule has 0 aromatic heterocycles. The SMILES string of the molecule is CNS(=O)(=O)CCNC(=O)NCC(C)C. The zero-order chi connectivity index (χ0) is 11.9. The van der Waals surface area contributed by atoms with Crippen molar-refractivity contribution in [2.75, 3.05) is 25.9 Å². The van der Waals surface area contributed by atoms with Gasteiger partial charge in [0.15, 0.2) is 0 Å². The third-order valence-electron chi connectivity index (χ3n) is 1.64. The van der Waals surface area contributed by atoms with Crippen molar-refractivity contribution in [1.29, 1.82) is 0 Å². The van der Waals surface area contributed by atoms with Crippen LogP contribution in [-0.2, 0) is 10.0 Å². The molecular weight excluding hydrogens is 218 g/mol. The highest BCUT2D eigenvalue weighted by molar-refractivity contribution is 7.89. The lowest BCUT2D eigenvalue weighted by molar-refractivity contribution is 0.240. The first-order chi connectivity index (χ1) is 6.87. The van der Waals surface area contributed by atoms with E-state index >= 15 is 0 Å². The van der Waals surface area contributed by atoms with Crippen molar-refractivity contribution < 1.29 is 13.2 Å². The normalized spacial score (nSPS) is 11.5. The number of sulfonamides is 1. The molecule has 6 nitrogen and oxygen atoms in total. The van der Waals surface area contributed by atoms with Crippen molar-refractivity contribution in [2.45, 2.75) is 13.8 Å². The van der Waals surface area contributed by atoms with Crippen molar-refractivity contribution in [3.05, 3.63) is 0 Å². The third kappa shape index (κ3) is 8.19. The van der Waals surface area contributed by atoms with Gasteiger partial charge in [0.25, 0.3) is 0 Å². The topological polar surface area (TPSA) is 87.3 Å². The molecule has 7 heteroatoms. The third-order valence-corrected chi connectivity index (χ3v) is 3.00. The van der Waals surface area contributed by atoms with Crippen LogP contribution in [0.1, 0.15) is 13.8 Å². The van der Waals surface area contributed by atoms with Crippen molar-refractivity contribution in [3.8, 4) is 0 Å². The van der Waals surface area contributed by atoms with Crippen LogP contribution >= 0.6 is 0 Å². The van der Waals surface area contributed by atoms with Crippen LogP contribution in [0.4, 0.5) is 4.79 Å². The van der Waals surface area contributed by atoms with Gasteiger partial charge < -0.3 is 10.6 Å². The molecule has 15 heavy (non-hydrogen) atoms. The molecule has 0 aromatic rings. The summed E-state index contributed by atoms with van der Waals surface area (Å²) in [6.45, 7) is 4.63. The van der Waals surface area contributed by atoms with Crippen LogP contribution in [-0.4, -0.2) is 40.3 Å². The molecule has 0 rings (SSSR count). The molecule has 90 valence electrons. The zero-order valence-electron chi connectivity index (χ0n) is 9.33. The molecule has 0 saturated heterocycles. The van der Waals surface area contributed by atoms with Crippen molar-refractivity contribution in [3.63, 3.8) is 0 Å². The maximum atomic E-state index is 11.1. The van der Waals surface area contributed by atoms with Crippen LogP contribution in [0.5, 0.6) is 0 Å². The molecule has 0 atom stereocenters. The Hall–Kier alpha value is -0.820. The number of carbonyl (C=O) groups excluding carboxylic acids is 1. The molecule has 0 spiro atoms. The van der Waals surface area contributed by atoms with Crippen molar-refractivity contribution in [1.82, 2.24) is 15.4 Å². The summed E-state index contributed by atoms with van der Waals surface area (Å²) >= 11 is 0. The average Bonchev–Trinajstić information content (AvgIpc) is 2.14. The van der Waals surface area contributed by atoms with E-state index in [-0.39, 0.29) is 18.3 Å². The van der Waals surface area contributed by atoms with Crippen LogP contribution in [0.3, 0.4) is 0 Å². The van der Waals surface area contributed by atoms with E-state index in [0.717, 1.165) is 0 Å². The van der Waals surface area contributed by atoms with E-state index in [1.54, 1.807) is 0 Å². The highest BCUT2D eigenvalue weighted by Gasteiger charge is 2.07. The molecule has 0 aromatic carbocycles. The Morgan fingerprint density at radius 2 is 1.87 bits per heavy atom. The Bertz CT molecular complexity index is 288. The van der Waals surface area contributed by atoms with Crippen LogP contribution < -0.4 is 15.4 Å². The van der Waals surface area contributed by atoms with Crippen LogP contribution in [0.15, 0.2) is 0 Å². The fraction of sp³-hybridized carbons (Fsp3) is 0.875. The summed E-state index contributed by atoms with van der Waals surface area (Å²) in [5, 5.41) is 5.08. The molecule has 0 aliphatic heterocycles. The number of carbonyl (C=O) groups is 1. The van der Waals surface area contributed by atoms with Gasteiger partial charge in [-0.05, 0) is 13.0 Å². The average molecular weight is 237 g/mol. The molecule has 0 radical (unpaired) electrons. The number of urea groups is 1. The second kappa shape index (κ2) is 6.62. The minimum Gasteiger partial charge on any atom is -0.338 e. The van der Waals surface area contributed by atoms with Gasteiger partial charge in [-0.3, -0.25) is 0 Å². The molecule has 2 amide bonds. The van der Waals surface area contributed by atoms with Crippen LogP contribution in [0.25, 0.3) is 0 Å². The quantitative estimate of drug-likeness (QED) is 0.581. The molecule has 0 aliphatic carbocycles. The van der Waals surface area contributed by atoms with Gasteiger partial charge in [0.2, 0.25) is 10.0 Å². The molecule has 3 N–H and O–H groups in total. The molecule has 0 unspecified atom stereocenters. The van der Waals surface area contributed by atoms with Gasteiger partial charge in [-0.2, -0.15) is 0 Å². The van der Waals surface area contributed by atoms with E-state index in [1.807, 2.05) is 13.8 Å². The fourth-order valence-electron chi connectivity index (χ4n) is 0.760. The van der Waals surface area contributed by atoms with Crippen LogP contribution in [0, 0.1) is 5.92 Å². The van der Waals surface area contributed by atoms with Gasteiger partial charge in [-0.1, -0.05) is 13.8 Å². The summed E-state index contributed by atoms with van der Waals surface area (Å²) in [4.78, 5) is 11.1. The van der Waals surface area contributed by atoms with E-state index in [1.165, 1.54) is 7.05 Å². The minimum atomic E-state index is -3.24. The monoisotopic (exact) mass is 237 g/mol. The molecular formula is C8H19N3O3S. The predicted octanol–water partition coefficient (Wildman–Crippen LogP) is -0.509. The zero-order valence-corrected chi connectivity index (χ0v) is 10.1. The van der Waals surface area contributed by atoms with Gasteiger partial charge in [0, 0.05) is 13.1 Å². The van der Waals surface area contributed by atoms with E-state index in [2.05, 4.69) is 15.4 Å². The Labute approximate surface area is 90.9 Å². The van der Waals surface area contributed by atoms with Crippen LogP contribution in [0.2, 0.25) is 0 Å². The molecule has 0 saturated carbocycles. The number of nitrogens with one attached hydrogen (secondary N) is 3. The number of hydrogen-bond donors (Lipinski definition) is 3. The number of amides is 2. The van der Waals surface area contributed by atoms with Crippen molar-refractivity contribution >= 4 is 16.1 Å². The first-order valence-electron chi connectivity index (χ1n) is 4.80. The second-order valence-corrected chi connectivity index (χ2v) is 5.60. The standard InChI is InChI=1S/C8H19N3O3S/c1-7(2)6-11-8(12)10-4-5-15(13,14)9-3/h7,9H,4-6H2,1-3H3,(H2,10,11,12). The lowest BCUT2D eigenvalue weighted by Gasteiger charge is -2.09. The summed E-state index contributed by atoms with van der Waals surface area (Å²) in [7, 11) is -1.90. The summed E-state index contributed by atoms with van der Waals surface area (Å²) in [6.07, 6.45) is 0. The minimum absolute atomic E-state index is 0.104. The largest absolute Gasteiger partial charge is 0.338 e. The van der Waals surface area contributed by atoms with Gasteiger partial charge in [0.05, 0.1) is 5.75 Å². The Kier molecular flexibility index (Phi) is 6.26. The smallest absolute Gasteiger partial charge is 0.314 e. The summed E-state index contributed by atoms with van der Waals surface area (Å²) in [5.41, 5.74) is 0. The highest BCUT2D eigenvalue weighted by atomic mass is 32.2. The predicted molar refractivity (Wildman–Crippen MR) is 59.1 cm³/mol. The molecule has 0 aliphatic rings. The van der Waals surface area contributed by atoms with Gasteiger partial charge >= 0.3 is 6.03 Å². The highest BCUT2D eigenvalue weighted by Crippen LogP contribution is 1.86. The second-order valence-electron chi connectivity index (χ2n) is 3.55. The summed E-state index contributed by atoms with van der Waals surface area (Å²) in [5.74, 6) is 0.260. The molecule has 0 fully saturated rings. The fourth-order valence-corrected chi connectivity index (χ4v) is 1.34. The van der Waals surface area contributed by atoms with Gasteiger partial charge in [-0.25, -0.2) is 17.9 Å². The Morgan fingerprint density at radius 3 is 2.33 bits per heavy atom. The first kappa shape index (κ1) is 14.2. The van der Waals surface area contributed by atoms with Gasteiger partial charge in [-0.15, -0.1) is 0 Å². The molecule has 0 bridgehead atoms. The summed E-state index contributed by atoms with van der Waals surface area (Å²) in [6, 6.07) is -0.338. The maximum absolute atomic E-state index is 11.1. The maximum Gasteiger partial charge on any atom is 0.314 e. The van der Waals surface area contributed by atoms with Crippen molar-refractivity contribution in [2.24, 2.45) is 5.92 Å². The summed E-state index contributed by atoms with van der Waals surface area (Å²) < 4.78 is 24.1. The number of hydrogen-bond acceptors (Lipinski definition) is 3. The first-order valence-corrected chi connectivity index (χ1v) is 6.45. The lowest BCUT2D eigenvalue weighted by atomic mass is 10.2. The van der Waals surface area contributed by atoms with E-state index in [4.69, 9.17) is 0 Å².